The van der Waals surface area contributed by atoms with Crippen molar-refractivity contribution in [2.45, 2.75) is 0 Å². The Balaban J connectivity index is 2.83. The van der Waals surface area contributed by atoms with Gasteiger partial charge in [0.05, 0.1) is 7.05 Å². The van der Waals surface area contributed by atoms with Crippen LogP contribution < -0.4 is 0 Å². The van der Waals surface area contributed by atoms with E-state index >= 15 is 0 Å². The number of hydroxylamine groups is 2. The van der Waals surface area contributed by atoms with E-state index in [4.69, 9.17) is 10.0 Å². The van der Waals surface area contributed by atoms with Crippen LogP contribution in [0.2, 0.25) is 0 Å². The fraction of sp³-hybridized carbons (Fsp3) is 0. The lowest BCUT2D eigenvalue weighted by Gasteiger charge is -1.90. The van der Waals surface area contributed by atoms with Gasteiger partial charge >= 0.3 is 0 Å². The molecule has 0 spiro atoms. The van der Waals surface area contributed by atoms with Gasteiger partial charge in [-0.05, 0) is 0 Å². The summed E-state index contributed by atoms with van der Waals surface area (Å²) < 4.78 is 0. The Hall–Kier alpha value is -0.570. The molecule has 0 aromatic rings. The highest BCUT2D eigenvalue weighted by Gasteiger charge is 1.71. The van der Waals surface area contributed by atoms with Crippen LogP contribution >= 0.6 is 0 Å². The van der Waals surface area contributed by atoms with E-state index in [0.29, 0.717) is 0 Å². The van der Waals surface area contributed by atoms with E-state index in [-0.39, 0.29) is 11.5 Å². The molecule has 0 heterocycles. The van der Waals surface area contributed by atoms with Crippen LogP contribution in [0.1, 0.15) is 0 Å². The van der Waals surface area contributed by atoms with Crippen molar-refractivity contribution in [3.05, 3.63) is 7.05 Å². The number of carbonyl (C=O) groups is 1. The summed E-state index contributed by atoms with van der Waals surface area (Å²) in [4.78, 5) is 9.12. The third-order valence-corrected chi connectivity index (χ3v) is 0.122. The standard InChI is InChI=1S/C2H4NO2/c1-3(5)2-4/h2,5H,1H2. The molecule has 0 unspecified atom stereocenters. The Labute approximate surface area is 29.8 Å². The minimum absolute atomic E-state index is 0.194. The van der Waals surface area contributed by atoms with Crippen molar-refractivity contribution in [2.75, 3.05) is 0 Å². The average molecular weight is 74.1 g/mol. The molecule has 5 heavy (non-hydrogen) atoms. The monoisotopic (exact) mass is 74.0 g/mol. The summed E-state index contributed by atoms with van der Waals surface area (Å²) in [5.41, 5.74) is 0. The molecule has 0 aromatic heterocycles. The molecule has 0 fully saturated rings. The van der Waals surface area contributed by atoms with Crippen LogP contribution in [0.15, 0.2) is 0 Å². The first-order valence-corrected chi connectivity index (χ1v) is 1.01. The Bertz CT molecular complexity index is 34.6. The summed E-state index contributed by atoms with van der Waals surface area (Å²) in [7, 11) is 2.78. The molecule has 1 amide bonds. The SMILES string of the molecule is [CH2]N(O)C=O. The van der Waals surface area contributed by atoms with Crippen molar-refractivity contribution in [3.63, 3.8) is 0 Å². The minimum atomic E-state index is 0.194. The molecule has 1 N–H and O–H groups in total. The predicted octanol–water partition coefficient (Wildman–Crippen LogP) is -0.374. The number of nitrogens with zero attached hydrogens (tertiary/aromatic N) is 1. The molecule has 0 saturated heterocycles. The zero-order valence-corrected chi connectivity index (χ0v) is 2.59. The summed E-state index contributed by atoms with van der Waals surface area (Å²) >= 11 is 0. The van der Waals surface area contributed by atoms with Gasteiger partial charge in [-0.2, -0.15) is 0 Å². The van der Waals surface area contributed by atoms with Gasteiger partial charge in [0.1, 0.15) is 0 Å². The van der Waals surface area contributed by atoms with Crippen molar-refractivity contribution in [1.29, 1.82) is 0 Å². The van der Waals surface area contributed by atoms with Crippen molar-refractivity contribution < 1.29 is 10.0 Å². The van der Waals surface area contributed by atoms with Crippen molar-refractivity contribution in [2.24, 2.45) is 0 Å². The molecule has 0 aliphatic carbocycles. The first-order chi connectivity index (χ1) is 2.27. The lowest BCUT2D eigenvalue weighted by atomic mass is 11.2. The Kier molecular flexibility index (Phi) is 1.53. The zero-order chi connectivity index (χ0) is 4.28. The molecule has 0 aliphatic heterocycles. The van der Waals surface area contributed by atoms with Crippen LogP contribution in [0.5, 0.6) is 0 Å². The van der Waals surface area contributed by atoms with E-state index in [2.05, 4.69) is 7.05 Å². The van der Waals surface area contributed by atoms with Crippen LogP contribution in [0.3, 0.4) is 0 Å². The van der Waals surface area contributed by atoms with Gasteiger partial charge in [-0.25, -0.2) is 5.06 Å². The van der Waals surface area contributed by atoms with E-state index in [0.717, 1.165) is 0 Å². The number of hydrogen-bond donors (Lipinski definition) is 1. The summed E-state index contributed by atoms with van der Waals surface area (Å²) in [6, 6.07) is 0. The minimum Gasteiger partial charge on any atom is -0.286 e. The zero-order valence-electron chi connectivity index (χ0n) is 2.59. The predicted molar refractivity (Wildman–Crippen MR) is 15.0 cm³/mol. The first-order valence-electron chi connectivity index (χ1n) is 1.01. The second-order valence-corrected chi connectivity index (χ2v) is 0.545. The Morgan fingerprint density at radius 1 is 2.00 bits per heavy atom. The molecule has 3 nitrogen and oxygen atoms in total. The molecule has 0 aliphatic rings. The van der Waals surface area contributed by atoms with Crippen LogP contribution in [-0.2, 0) is 4.79 Å². The largest absolute Gasteiger partial charge is 0.286 e. The number of carbonyl (C=O) groups excluding carboxylic acids is 1. The summed E-state index contributed by atoms with van der Waals surface area (Å²) in [6.45, 7) is 0. The Morgan fingerprint density at radius 2 is 2.20 bits per heavy atom. The lowest BCUT2D eigenvalue weighted by molar-refractivity contribution is -0.139. The average Bonchev–Trinajstić information content (AvgIpc) is 1.38. The molecule has 3 heteroatoms. The molecule has 0 bridgehead atoms. The van der Waals surface area contributed by atoms with Gasteiger partial charge in [0.2, 0.25) is 6.41 Å². The fourth-order valence-corrected chi connectivity index (χ4v) is 0. The van der Waals surface area contributed by atoms with Crippen molar-refractivity contribution in [1.82, 2.24) is 5.06 Å². The third kappa shape index (κ3) is 3.43. The van der Waals surface area contributed by atoms with Crippen molar-refractivity contribution >= 4 is 6.41 Å². The van der Waals surface area contributed by atoms with Gasteiger partial charge < -0.3 is 0 Å². The van der Waals surface area contributed by atoms with E-state index in [1.54, 1.807) is 0 Å². The number of hydrogen-bond acceptors (Lipinski definition) is 2. The maximum absolute atomic E-state index is 9.12. The smallest absolute Gasteiger partial charge is 0.233 e. The molecule has 0 rings (SSSR count). The molecule has 0 atom stereocenters. The second-order valence-electron chi connectivity index (χ2n) is 0.545. The topological polar surface area (TPSA) is 40.5 Å². The van der Waals surface area contributed by atoms with Gasteiger partial charge in [-0.3, -0.25) is 10.0 Å². The highest BCUT2D eigenvalue weighted by Crippen LogP contribution is 1.55. The van der Waals surface area contributed by atoms with Gasteiger partial charge in [-0.15, -0.1) is 0 Å². The molecule has 29 valence electrons. The van der Waals surface area contributed by atoms with Gasteiger partial charge in [0.25, 0.3) is 0 Å². The highest BCUT2D eigenvalue weighted by molar-refractivity contribution is 5.44. The second kappa shape index (κ2) is 1.72. The molecular weight excluding hydrogens is 70.0 g/mol. The highest BCUT2D eigenvalue weighted by atomic mass is 16.5. The first kappa shape index (κ1) is 4.43. The van der Waals surface area contributed by atoms with Gasteiger partial charge in [-0.1, -0.05) is 0 Å². The number of rotatable bonds is 1. The van der Waals surface area contributed by atoms with Crippen LogP contribution in [0.4, 0.5) is 0 Å². The molecule has 0 saturated carbocycles. The van der Waals surface area contributed by atoms with E-state index in [1.807, 2.05) is 0 Å². The molecule has 1 radical (unpaired) electrons. The van der Waals surface area contributed by atoms with E-state index in [9.17, 15) is 0 Å². The fourth-order valence-electron chi connectivity index (χ4n) is 0. The molecular formula is C2H4NO2. The molecule has 0 aromatic carbocycles. The third-order valence-electron chi connectivity index (χ3n) is 0.122. The van der Waals surface area contributed by atoms with Gasteiger partial charge in [0, 0.05) is 0 Å². The Morgan fingerprint density at radius 3 is 2.20 bits per heavy atom. The van der Waals surface area contributed by atoms with Gasteiger partial charge in [0.15, 0.2) is 0 Å². The quantitative estimate of drug-likeness (QED) is 0.262. The normalized spacial score (nSPS) is 6.80. The van der Waals surface area contributed by atoms with Crippen LogP contribution in [-0.4, -0.2) is 16.7 Å². The van der Waals surface area contributed by atoms with Crippen LogP contribution in [0, 0.1) is 7.05 Å². The maximum atomic E-state index is 9.12. The maximum Gasteiger partial charge on any atom is 0.233 e. The van der Waals surface area contributed by atoms with Crippen molar-refractivity contribution in [3.8, 4) is 0 Å². The van der Waals surface area contributed by atoms with Crippen LogP contribution in [0.25, 0.3) is 0 Å². The summed E-state index contributed by atoms with van der Waals surface area (Å²) in [5, 5.41) is 7.91. The summed E-state index contributed by atoms with van der Waals surface area (Å²) in [5.74, 6) is 0. The van der Waals surface area contributed by atoms with E-state index < -0.39 is 0 Å². The number of amides is 1. The van der Waals surface area contributed by atoms with E-state index in [1.165, 1.54) is 0 Å². The summed E-state index contributed by atoms with van der Waals surface area (Å²) in [6.07, 6.45) is 0.194. The lowest BCUT2D eigenvalue weighted by Crippen LogP contribution is -2.03.